The van der Waals surface area contributed by atoms with Crippen LogP contribution >= 0.6 is 11.6 Å². The third-order valence-electron chi connectivity index (χ3n) is 4.55. The molecule has 0 bridgehead atoms. The zero-order chi connectivity index (χ0) is 16.5. The van der Waals surface area contributed by atoms with Crippen LogP contribution in [-0.4, -0.2) is 32.8 Å². The monoisotopic (exact) mass is 345 g/mol. The zero-order valence-corrected chi connectivity index (χ0v) is 13.8. The van der Waals surface area contributed by atoms with Gasteiger partial charge in [0, 0.05) is 31.2 Å². The number of piperidine rings is 1. The van der Waals surface area contributed by atoms with Crippen LogP contribution in [0.15, 0.2) is 37.1 Å². The van der Waals surface area contributed by atoms with E-state index in [0.717, 1.165) is 32.5 Å². The summed E-state index contributed by atoms with van der Waals surface area (Å²) in [6.45, 7) is 2.44. The molecule has 24 heavy (non-hydrogen) atoms. The Bertz CT molecular complexity index is 852. The van der Waals surface area contributed by atoms with Crippen LogP contribution in [0, 0.1) is 11.7 Å². The smallest absolute Gasteiger partial charge is 0.172 e. The zero-order valence-electron chi connectivity index (χ0n) is 13.1. The van der Waals surface area contributed by atoms with Crippen molar-refractivity contribution in [3.8, 4) is 0 Å². The van der Waals surface area contributed by atoms with Crippen LogP contribution in [0.1, 0.15) is 12.8 Å². The van der Waals surface area contributed by atoms with Gasteiger partial charge < -0.3 is 4.90 Å². The first-order valence-corrected chi connectivity index (χ1v) is 8.40. The number of aromatic nitrogens is 4. The second-order valence-electron chi connectivity index (χ2n) is 6.16. The molecule has 5 nitrogen and oxygen atoms in total. The van der Waals surface area contributed by atoms with Crippen molar-refractivity contribution in [1.82, 2.24) is 19.7 Å². The Morgan fingerprint density at radius 2 is 2.21 bits per heavy atom. The van der Waals surface area contributed by atoms with Crippen molar-refractivity contribution in [3.63, 3.8) is 0 Å². The first-order valence-electron chi connectivity index (χ1n) is 8.02. The van der Waals surface area contributed by atoms with Crippen LogP contribution in [-0.2, 0) is 6.54 Å². The van der Waals surface area contributed by atoms with E-state index in [1.807, 2.05) is 16.8 Å². The molecule has 1 saturated heterocycles. The van der Waals surface area contributed by atoms with Gasteiger partial charge in [-0.25, -0.2) is 9.37 Å². The standard InChI is InChI=1S/C17H17ClFN5/c18-14-5-6-21-17-13(14)3-4-15(16(17)19)23-7-1-2-12(8-23)9-24-11-20-10-22-24/h3-6,10-12H,1-2,7-9H2. The van der Waals surface area contributed by atoms with Gasteiger partial charge in [-0.1, -0.05) is 11.6 Å². The Labute approximate surface area is 144 Å². The van der Waals surface area contributed by atoms with Gasteiger partial charge in [-0.05, 0) is 37.0 Å². The number of pyridine rings is 1. The summed E-state index contributed by atoms with van der Waals surface area (Å²) in [4.78, 5) is 10.2. The molecule has 4 rings (SSSR count). The molecule has 1 atom stereocenters. The molecule has 0 amide bonds. The summed E-state index contributed by atoms with van der Waals surface area (Å²) in [7, 11) is 0. The van der Waals surface area contributed by atoms with Crippen molar-refractivity contribution in [2.24, 2.45) is 5.92 Å². The lowest BCUT2D eigenvalue weighted by Gasteiger charge is -2.34. The lowest BCUT2D eigenvalue weighted by Crippen LogP contribution is -2.37. The van der Waals surface area contributed by atoms with Crippen molar-refractivity contribution < 1.29 is 4.39 Å². The van der Waals surface area contributed by atoms with E-state index in [0.29, 0.717) is 27.5 Å². The first-order chi connectivity index (χ1) is 11.7. The number of fused-ring (bicyclic) bond motifs is 1. The van der Waals surface area contributed by atoms with E-state index in [4.69, 9.17) is 11.6 Å². The quantitative estimate of drug-likeness (QED) is 0.728. The number of halogens is 2. The summed E-state index contributed by atoms with van der Waals surface area (Å²) in [5.41, 5.74) is 0.930. The summed E-state index contributed by atoms with van der Waals surface area (Å²) < 4.78 is 16.8. The highest BCUT2D eigenvalue weighted by atomic mass is 35.5. The normalized spacial score (nSPS) is 18.2. The van der Waals surface area contributed by atoms with Gasteiger partial charge >= 0.3 is 0 Å². The molecule has 0 N–H and O–H groups in total. The molecule has 3 aromatic rings. The average molecular weight is 346 g/mol. The van der Waals surface area contributed by atoms with Gasteiger partial charge in [-0.15, -0.1) is 0 Å². The van der Waals surface area contributed by atoms with E-state index in [1.165, 1.54) is 0 Å². The van der Waals surface area contributed by atoms with Gasteiger partial charge in [-0.2, -0.15) is 5.10 Å². The van der Waals surface area contributed by atoms with E-state index >= 15 is 0 Å². The topological polar surface area (TPSA) is 46.8 Å². The predicted molar refractivity (Wildman–Crippen MR) is 91.7 cm³/mol. The van der Waals surface area contributed by atoms with E-state index in [9.17, 15) is 4.39 Å². The number of rotatable bonds is 3. The Morgan fingerprint density at radius 3 is 3.04 bits per heavy atom. The molecule has 0 spiro atoms. The molecule has 1 aliphatic heterocycles. The summed E-state index contributed by atoms with van der Waals surface area (Å²) in [6.07, 6.45) is 6.94. The molecule has 1 fully saturated rings. The highest BCUT2D eigenvalue weighted by Crippen LogP contribution is 2.32. The van der Waals surface area contributed by atoms with Crippen molar-refractivity contribution in [3.05, 3.63) is 47.9 Å². The number of hydrogen-bond donors (Lipinski definition) is 0. The molecule has 3 heterocycles. The van der Waals surface area contributed by atoms with Crippen LogP contribution in [0.4, 0.5) is 10.1 Å². The second-order valence-corrected chi connectivity index (χ2v) is 6.57. The van der Waals surface area contributed by atoms with Gasteiger partial charge in [0.25, 0.3) is 0 Å². The fourth-order valence-electron chi connectivity index (χ4n) is 3.41. The molecule has 1 unspecified atom stereocenters. The van der Waals surface area contributed by atoms with E-state index in [1.54, 1.807) is 24.9 Å². The average Bonchev–Trinajstić information content (AvgIpc) is 3.09. The van der Waals surface area contributed by atoms with Gasteiger partial charge in [-0.3, -0.25) is 9.67 Å². The lowest BCUT2D eigenvalue weighted by atomic mass is 9.97. The second kappa shape index (κ2) is 6.36. The molecule has 2 aromatic heterocycles. The third kappa shape index (κ3) is 2.82. The lowest BCUT2D eigenvalue weighted by molar-refractivity contribution is 0.350. The molecular weight excluding hydrogens is 329 g/mol. The van der Waals surface area contributed by atoms with Gasteiger partial charge in [0.2, 0.25) is 0 Å². The Morgan fingerprint density at radius 1 is 1.29 bits per heavy atom. The van der Waals surface area contributed by atoms with Crippen molar-refractivity contribution >= 4 is 28.2 Å². The van der Waals surface area contributed by atoms with Crippen molar-refractivity contribution in [2.75, 3.05) is 18.0 Å². The molecule has 0 aliphatic carbocycles. The fraction of sp³-hybridized carbons (Fsp3) is 0.353. The predicted octanol–water partition coefficient (Wildman–Crippen LogP) is 3.54. The Kier molecular flexibility index (Phi) is 4.06. The number of nitrogens with zero attached hydrogens (tertiary/aromatic N) is 5. The molecule has 1 aliphatic rings. The number of hydrogen-bond acceptors (Lipinski definition) is 4. The third-order valence-corrected chi connectivity index (χ3v) is 4.88. The molecule has 124 valence electrons. The highest BCUT2D eigenvalue weighted by Gasteiger charge is 2.24. The molecular formula is C17H17ClFN5. The maximum absolute atomic E-state index is 14.9. The van der Waals surface area contributed by atoms with Gasteiger partial charge in [0.1, 0.15) is 18.2 Å². The van der Waals surface area contributed by atoms with E-state index < -0.39 is 0 Å². The minimum atomic E-state index is -0.295. The fourth-order valence-corrected chi connectivity index (χ4v) is 3.62. The maximum atomic E-state index is 14.9. The molecule has 1 aromatic carbocycles. The van der Waals surface area contributed by atoms with Crippen LogP contribution in [0.3, 0.4) is 0 Å². The van der Waals surface area contributed by atoms with Crippen molar-refractivity contribution in [2.45, 2.75) is 19.4 Å². The van der Waals surface area contributed by atoms with Crippen LogP contribution in [0.2, 0.25) is 5.02 Å². The summed E-state index contributed by atoms with van der Waals surface area (Å²) in [5.74, 6) is 0.124. The summed E-state index contributed by atoms with van der Waals surface area (Å²) in [6, 6.07) is 5.34. The van der Waals surface area contributed by atoms with Gasteiger partial charge in [0.15, 0.2) is 5.82 Å². The number of anilines is 1. The highest BCUT2D eigenvalue weighted by molar-refractivity contribution is 6.35. The molecule has 0 radical (unpaired) electrons. The van der Waals surface area contributed by atoms with Gasteiger partial charge in [0.05, 0.1) is 10.7 Å². The maximum Gasteiger partial charge on any atom is 0.172 e. The minimum absolute atomic E-state index is 0.295. The first kappa shape index (κ1) is 15.3. The minimum Gasteiger partial charge on any atom is -0.369 e. The Balaban J connectivity index is 1.61. The van der Waals surface area contributed by atoms with Crippen LogP contribution < -0.4 is 4.90 Å². The SMILES string of the molecule is Fc1c(N2CCCC(Cn3cncn3)C2)ccc2c(Cl)ccnc12. The molecule has 0 saturated carbocycles. The summed E-state index contributed by atoms with van der Waals surface area (Å²) >= 11 is 6.13. The summed E-state index contributed by atoms with van der Waals surface area (Å²) in [5, 5.41) is 5.34. The van der Waals surface area contributed by atoms with Crippen LogP contribution in [0.25, 0.3) is 10.9 Å². The number of benzene rings is 1. The van der Waals surface area contributed by atoms with Crippen LogP contribution in [0.5, 0.6) is 0 Å². The Hall–Kier alpha value is -2.21. The van der Waals surface area contributed by atoms with E-state index in [2.05, 4.69) is 20.0 Å². The van der Waals surface area contributed by atoms with E-state index in [-0.39, 0.29) is 5.82 Å². The largest absolute Gasteiger partial charge is 0.369 e. The molecule has 7 heteroatoms. The van der Waals surface area contributed by atoms with Crippen molar-refractivity contribution in [1.29, 1.82) is 0 Å².